The quantitative estimate of drug-likeness (QED) is 0.668. The van der Waals surface area contributed by atoms with Gasteiger partial charge in [-0.1, -0.05) is 22.0 Å². The molecule has 0 radical (unpaired) electrons. The van der Waals surface area contributed by atoms with Gasteiger partial charge in [-0.3, -0.25) is 0 Å². The van der Waals surface area contributed by atoms with Crippen LogP contribution in [0.3, 0.4) is 0 Å². The predicted molar refractivity (Wildman–Crippen MR) is 82.0 cm³/mol. The number of ether oxygens (including phenoxy) is 2. The van der Waals surface area contributed by atoms with Crippen LogP contribution in [0.5, 0.6) is 11.5 Å². The average Bonchev–Trinajstić information content (AvgIpc) is 2.81. The van der Waals surface area contributed by atoms with Gasteiger partial charge in [0.15, 0.2) is 0 Å². The van der Waals surface area contributed by atoms with Gasteiger partial charge in [0.25, 0.3) is 0 Å². The van der Waals surface area contributed by atoms with Crippen LogP contribution >= 0.6 is 43.2 Å². The lowest BCUT2D eigenvalue weighted by molar-refractivity contribution is 0.305. The van der Waals surface area contributed by atoms with Crippen LogP contribution in [0.4, 0.5) is 0 Å². The minimum Gasteiger partial charge on any atom is -0.497 e. The molecule has 1 aromatic heterocycles. The van der Waals surface area contributed by atoms with Crippen molar-refractivity contribution in [2.24, 2.45) is 0 Å². The van der Waals surface area contributed by atoms with Crippen LogP contribution < -0.4 is 9.47 Å². The number of hydrogen-bond donors (Lipinski definition) is 0. The maximum Gasteiger partial charge on any atom is 0.127 e. The molecule has 0 unspecified atom stereocenters. The zero-order valence-electron chi connectivity index (χ0n) is 9.78. The van der Waals surface area contributed by atoms with Gasteiger partial charge in [0.05, 0.1) is 7.11 Å². The lowest BCUT2D eigenvalue weighted by Crippen LogP contribution is -1.97. The smallest absolute Gasteiger partial charge is 0.127 e. The van der Waals surface area contributed by atoms with Gasteiger partial charge in [0, 0.05) is 31.7 Å². The number of alkyl halides is 1. The van der Waals surface area contributed by atoms with Crippen LogP contribution in [-0.2, 0) is 11.9 Å². The molecule has 1 heterocycles. The van der Waals surface area contributed by atoms with Gasteiger partial charge < -0.3 is 9.47 Å². The van der Waals surface area contributed by atoms with Crippen molar-refractivity contribution in [1.29, 1.82) is 0 Å². The van der Waals surface area contributed by atoms with Crippen molar-refractivity contribution < 1.29 is 9.47 Å². The standard InChI is InChI=1S/C13H12Br2O2S/c1-16-11-3-2-9(6-14)13(5-11)17-7-12-4-10(15)8-18-12/h2-5,8H,6-7H2,1H3. The molecule has 0 bridgehead atoms. The van der Waals surface area contributed by atoms with Crippen molar-refractivity contribution in [1.82, 2.24) is 0 Å². The van der Waals surface area contributed by atoms with Gasteiger partial charge in [-0.25, -0.2) is 0 Å². The van der Waals surface area contributed by atoms with Gasteiger partial charge in [-0.2, -0.15) is 0 Å². The van der Waals surface area contributed by atoms with E-state index >= 15 is 0 Å². The van der Waals surface area contributed by atoms with Crippen LogP contribution in [0, 0.1) is 0 Å². The van der Waals surface area contributed by atoms with Crippen molar-refractivity contribution in [3.63, 3.8) is 0 Å². The molecule has 0 aliphatic carbocycles. The van der Waals surface area contributed by atoms with Crippen LogP contribution in [0.15, 0.2) is 34.1 Å². The summed E-state index contributed by atoms with van der Waals surface area (Å²) in [6.07, 6.45) is 0. The first-order valence-electron chi connectivity index (χ1n) is 5.31. The first-order chi connectivity index (χ1) is 8.72. The zero-order valence-corrected chi connectivity index (χ0v) is 13.8. The first-order valence-corrected chi connectivity index (χ1v) is 8.11. The summed E-state index contributed by atoms with van der Waals surface area (Å²) < 4.78 is 12.2. The summed E-state index contributed by atoms with van der Waals surface area (Å²) in [5.74, 6) is 1.66. The molecule has 2 nitrogen and oxygen atoms in total. The highest BCUT2D eigenvalue weighted by Crippen LogP contribution is 2.28. The van der Waals surface area contributed by atoms with Crippen molar-refractivity contribution in [2.75, 3.05) is 7.11 Å². The number of rotatable bonds is 5. The Balaban J connectivity index is 2.11. The summed E-state index contributed by atoms with van der Waals surface area (Å²) in [6, 6.07) is 7.93. The molecule has 0 fully saturated rings. The Morgan fingerprint density at radius 1 is 1.28 bits per heavy atom. The molecule has 2 rings (SSSR count). The summed E-state index contributed by atoms with van der Waals surface area (Å²) in [7, 11) is 1.66. The normalized spacial score (nSPS) is 10.4. The molecule has 0 aliphatic rings. The highest BCUT2D eigenvalue weighted by Gasteiger charge is 2.06. The third-order valence-electron chi connectivity index (χ3n) is 2.41. The average molecular weight is 392 g/mol. The lowest BCUT2D eigenvalue weighted by Gasteiger charge is -2.10. The van der Waals surface area contributed by atoms with E-state index < -0.39 is 0 Å². The fourth-order valence-corrected chi connectivity index (χ4v) is 3.31. The van der Waals surface area contributed by atoms with E-state index in [9.17, 15) is 0 Å². The minimum atomic E-state index is 0.573. The van der Waals surface area contributed by atoms with E-state index in [1.807, 2.05) is 18.2 Å². The van der Waals surface area contributed by atoms with Crippen LogP contribution in [0.2, 0.25) is 0 Å². The molecule has 0 N–H and O–H groups in total. The number of halogens is 2. The molecular weight excluding hydrogens is 380 g/mol. The second-order valence-corrected chi connectivity index (χ2v) is 6.10. The summed E-state index contributed by atoms with van der Waals surface area (Å²) >= 11 is 8.57. The van der Waals surface area contributed by atoms with Crippen LogP contribution in [0.25, 0.3) is 0 Å². The Morgan fingerprint density at radius 3 is 2.72 bits per heavy atom. The number of methoxy groups -OCH3 is 1. The fraction of sp³-hybridized carbons (Fsp3) is 0.231. The highest BCUT2D eigenvalue weighted by molar-refractivity contribution is 9.10. The SMILES string of the molecule is COc1ccc(CBr)c(OCc2cc(Br)cs2)c1. The summed E-state index contributed by atoms with van der Waals surface area (Å²) in [5, 5.41) is 2.82. The Labute approximate surface area is 127 Å². The highest BCUT2D eigenvalue weighted by atomic mass is 79.9. The fourth-order valence-electron chi connectivity index (χ4n) is 1.48. The number of hydrogen-bond acceptors (Lipinski definition) is 3. The molecule has 18 heavy (non-hydrogen) atoms. The van der Waals surface area contributed by atoms with E-state index in [2.05, 4.69) is 43.3 Å². The second-order valence-electron chi connectivity index (χ2n) is 3.63. The molecule has 96 valence electrons. The van der Waals surface area contributed by atoms with E-state index in [4.69, 9.17) is 9.47 Å². The molecule has 0 spiro atoms. The number of thiophene rings is 1. The van der Waals surface area contributed by atoms with Crippen molar-refractivity contribution >= 4 is 43.2 Å². The van der Waals surface area contributed by atoms with Gasteiger partial charge in [-0.05, 0) is 28.1 Å². The monoisotopic (exact) mass is 390 g/mol. The van der Waals surface area contributed by atoms with E-state index in [0.29, 0.717) is 6.61 Å². The molecule has 0 saturated carbocycles. The third kappa shape index (κ3) is 3.49. The Kier molecular flexibility index (Phi) is 5.09. The zero-order chi connectivity index (χ0) is 13.0. The van der Waals surface area contributed by atoms with Crippen LogP contribution in [0.1, 0.15) is 10.4 Å². The minimum absolute atomic E-state index is 0.573. The molecule has 1 aromatic carbocycles. The van der Waals surface area contributed by atoms with Gasteiger partial charge in [0.1, 0.15) is 18.1 Å². The molecule has 0 aliphatic heterocycles. The molecule has 0 amide bonds. The second kappa shape index (κ2) is 6.59. The molecule has 0 atom stereocenters. The maximum atomic E-state index is 5.85. The van der Waals surface area contributed by atoms with Gasteiger partial charge in [-0.15, -0.1) is 11.3 Å². The van der Waals surface area contributed by atoms with E-state index in [1.165, 1.54) is 4.88 Å². The third-order valence-corrected chi connectivity index (χ3v) is 4.69. The molecule has 2 aromatic rings. The molecular formula is C13H12Br2O2S. The van der Waals surface area contributed by atoms with E-state index in [0.717, 1.165) is 26.9 Å². The van der Waals surface area contributed by atoms with Gasteiger partial charge in [0.2, 0.25) is 0 Å². The summed E-state index contributed by atoms with van der Waals surface area (Å²) in [6.45, 7) is 0.573. The Bertz CT molecular complexity index is 525. The van der Waals surface area contributed by atoms with Gasteiger partial charge >= 0.3 is 0 Å². The Morgan fingerprint density at radius 2 is 2.11 bits per heavy atom. The summed E-state index contributed by atoms with van der Waals surface area (Å²) in [5.41, 5.74) is 1.12. The first kappa shape index (κ1) is 13.9. The maximum absolute atomic E-state index is 5.85. The Hall–Kier alpha value is -0.520. The van der Waals surface area contributed by atoms with Crippen molar-refractivity contribution in [2.45, 2.75) is 11.9 Å². The topological polar surface area (TPSA) is 18.5 Å². The van der Waals surface area contributed by atoms with Crippen LogP contribution in [-0.4, -0.2) is 7.11 Å². The van der Waals surface area contributed by atoms with Crippen molar-refractivity contribution in [3.8, 4) is 11.5 Å². The molecule has 5 heteroatoms. The van der Waals surface area contributed by atoms with E-state index in [-0.39, 0.29) is 0 Å². The largest absolute Gasteiger partial charge is 0.497 e. The van der Waals surface area contributed by atoms with E-state index in [1.54, 1.807) is 18.4 Å². The number of benzene rings is 1. The van der Waals surface area contributed by atoms with Crippen molar-refractivity contribution in [3.05, 3.63) is 44.6 Å². The lowest BCUT2D eigenvalue weighted by atomic mass is 10.2. The summed E-state index contributed by atoms with van der Waals surface area (Å²) in [4.78, 5) is 1.19. The molecule has 0 saturated heterocycles. The predicted octanol–water partition coefficient (Wildman–Crippen LogP) is 4.99.